The Morgan fingerprint density at radius 3 is 2.66 bits per heavy atom. The maximum Gasteiger partial charge on any atom is 0.246 e. The maximum absolute atomic E-state index is 14.3. The highest BCUT2D eigenvalue weighted by Gasteiger charge is 2.38. The van der Waals surface area contributed by atoms with Crippen LogP contribution in [0, 0.1) is 11.7 Å². The molecule has 0 unspecified atom stereocenters. The fourth-order valence-electron chi connectivity index (χ4n) is 4.61. The third-order valence-corrected chi connectivity index (χ3v) is 8.04. The Kier molecular flexibility index (Phi) is 7.82. The molecule has 0 spiro atoms. The number of hydrogen-bond acceptors (Lipinski definition) is 5. The number of nitrogens with zero attached hydrogens (tertiary/aromatic N) is 2. The summed E-state index contributed by atoms with van der Waals surface area (Å²) in [5.41, 5.74) is 1.67. The molecule has 2 heterocycles. The van der Waals surface area contributed by atoms with E-state index in [1.807, 2.05) is 42.3 Å². The van der Waals surface area contributed by atoms with E-state index >= 15 is 0 Å². The van der Waals surface area contributed by atoms with E-state index in [4.69, 9.17) is 4.98 Å². The van der Waals surface area contributed by atoms with Gasteiger partial charge in [0.2, 0.25) is 11.8 Å². The Balaban J connectivity index is 1.60. The number of nitrogens with one attached hydrogen (secondary N) is 2. The Morgan fingerprint density at radius 2 is 1.94 bits per heavy atom. The number of aromatic nitrogens is 1. The molecule has 35 heavy (non-hydrogen) atoms. The van der Waals surface area contributed by atoms with Gasteiger partial charge in [-0.15, -0.1) is 11.3 Å². The summed E-state index contributed by atoms with van der Waals surface area (Å²) in [6.45, 7) is 6.45. The predicted octanol–water partition coefficient (Wildman–Crippen LogP) is 4.90. The van der Waals surface area contributed by atoms with Gasteiger partial charge in [0.15, 0.2) is 0 Å². The zero-order valence-corrected chi connectivity index (χ0v) is 21.5. The molecule has 1 aromatic heterocycles. The zero-order valence-electron chi connectivity index (χ0n) is 20.7. The number of halogens is 1. The summed E-state index contributed by atoms with van der Waals surface area (Å²) < 4.78 is 14.3. The molecule has 1 aliphatic rings. The van der Waals surface area contributed by atoms with E-state index in [1.165, 1.54) is 17.4 Å². The molecule has 0 radical (unpaired) electrons. The first kappa shape index (κ1) is 25.3. The fourth-order valence-corrected chi connectivity index (χ4v) is 5.57. The zero-order chi connectivity index (χ0) is 25.1. The van der Waals surface area contributed by atoms with E-state index < -0.39 is 6.04 Å². The van der Waals surface area contributed by atoms with Crippen molar-refractivity contribution in [2.45, 2.75) is 58.2 Å². The minimum atomic E-state index is -0.579. The van der Waals surface area contributed by atoms with Crippen molar-refractivity contribution in [3.63, 3.8) is 0 Å². The molecular formula is C27H33FN4O2S. The van der Waals surface area contributed by atoms with Crippen LogP contribution in [0.2, 0.25) is 0 Å². The van der Waals surface area contributed by atoms with Crippen LogP contribution >= 0.6 is 11.3 Å². The maximum atomic E-state index is 14.3. The molecule has 2 N–H and O–H groups in total. The van der Waals surface area contributed by atoms with Crippen molar-refractivity contribution in [2.75, 3.05) is 13.6 Å². The molecule has 6 nitrogen and oxygen atoms in total. The van der Waals surface area contributed by atoms with Gasteiger partial charge in [-0.1, -0.05) is 44.5 Å². The van der Waals surface area contributed by atoms with Gasteiger partial charge in [0.1, 0.15) is 16.9 Å². The molecule has 0 saturated carbocycles. The highest BCUT2D eigenvalue weighted by atomic mass is 32.1. The van der Waals surface area contributed by atoms with Crippen LogP contribution in [0.1, 0.15) is 51.1 Å². The number of thiazole rings is 1. The van der Waals surface area contributed by atoms with Crippen molar-refractivity contribution >= 4 is 33.9 Å². The van der Waals surface area contributed by atoms with Crippen molar-refractivity contribution in [3.05, 3.63) is 52.6 Å². The fraction of sp³-hybridized carbons (Fsp3) is 0.444. The van der Waals surface area contributed by atoms with Gasteiger partial charge in [0, 0.05) is 22.9 Å². The van der Waals surface area contributed by atoms with E-state index in [-0.39, 0.29) is 35.6 Å². The molecule has 3 aromatic rings. The van der Waals surface area contributed by atoms with Gasteiger partial charge < -0.3 is 15.5 Å². The minimum absolute atomic E-state index is 0.00851. The van der Waals surface area contributed by atoms with E-state index in [2.05, 4.69) is 10.6 Å². The van der Waals surface area contributed by atoms with Crippen molar-refractivity contribution in [3.8, 4) is 11.3 Å². The number of hydrogen-bond donors (Lipinski definition) is 2. The van der Waals surface area contributed by atoms with Crippen LogP contribution < -0.4 is 10.6 Å². The average Bonchev–Trinajstić information content (AvgIpc) is 3.56. The van der Waals surface area contributed by atoms with Gasteiger partial charge in [0.05, 0.1) is 17.8 Å². The van der Waals surface area contributed by atoms with Gasteiger partial charge in [-0.05, 0) is 50.2 Å². The van der Waals surface area contributed by atoms with Gasteiger partial charge >= 0.3 is 0 Å². The number of likely N-dealkylation sites (tertiary alicyclic amines) is 1. The molecule has 2 aromatic carbocycles. The van der Waals surface area contributed by atoms with E-state index in [9.17, 15) is 14.0 Å². The number of amides is 2. The monoisotopic (exact) mass is 496 g/mol. The molecule has 1 fully saturated rings. The van der Waals surface area contributed by atoms with Crippen LogP contribution in [-0.4, -0.2) is 47.4 Å². The van der Waals surface area contributed by atoms with Crippen molar-refractivity contribution in [1.82, 2.24) is 20.5 Å². The van der Waals surface area contributed by atoms with Crippen molar-refractivity contribution in [2.24, 2.45) is 5.92 Å². The SMILES string of the molecule is CC[C@@H](C)[C@H](NC(=O)[C@H](C)NC)C(=O)N1CCC[C@H]1c1nc(-c2ccc(F)c3ccccc23)cs1. The summed E-state index contributed by atoms with van der Waals surface area (Å²) in [4.78, 5) is 33.1. The summed E-state index contributed by atoms with van der Waals surface area (Å²) in [6.07, 6.45) is 2.50. The Morgan fingerprint density at radius 1 is 1.20 bits per heavy atom. The lowest BCUT2D eigenvalue weighted by Crippen LogP contribution is -2.54. The molecule has 0 bridgehead atoms. The third kappa shape index (κ3) is 5.09. The van der Waals surface area contributed by atoms with Crippen LogP contribution in [0.15, 0.2) is 41.8 Å². The molecule has 2 amide bonds. The largest absolute Gasteiger partial charge is 0.343 e. The number of carbonyl (C=O) groups is 2. The highest BCUT2D eigenvalue weighted by molar-refractivity contribution is 7.10. The first-order valence-electron chi connectivity index (χ1n) is 12.3. The predicted molar refractivity (Wildman–Crippen MR) is 139 cm³/mol. The van der Waals surface area contributed by atoms with Crippen molar-refractivity contribution < 1.29 is 14.0 Å². The summed E-state index contributed by atoms with van der Waals surface area (Å²) in [5, 5.41) is 10.2. The number of benzene rings is 2. The first-order chi connectivity index (χ1) is 16.8. The Labute approximate surface area is 209 Å². The minimum Gasteiger partial charge on any atom is -0.343 e. The number of carbonyl (C=O) groups excluding carboxylic acids is 2. The van der Waals surface area contributed by atoms with Gasteiger partial charge in [-0.2, -0.15) is 0 Å². The lowest BCUT2D eigenvalue weighted by molar-refractivity contribution is -0.139. The van der Waals surface area contributed by atoms with Crippen LogP contribution in [-0.2, 0) is 9.59 Å². The number of rotatable bonds is 8. The Hall–Kier alpha value is -2.84. The smallest absolute Gasteiger partial charge is 0.246 e. The van der Waals surface area contributed by atoms with E-state index in [1.54, 1.807) is 26.1 Å². The lowest BCUT2D eigenvalue weighted by atomic mass is 9.97. The molecule has 4 rings (SSSR count). The molecule has 1 saturated heterocycles. The van der Waals surface area contributed by atoms with Gasteiger partial charge in [-0.3, -0.25) is 9.59 Å². The molecule has 186 valence electrons. The molecular weight excluding hydrogens is 463 g/mol. The van der Waals surface area contributed by atoms with E-state index in [0.717, 1.165) is 40.9 Å². The average molecular weight is 497 g/mol. The number of fused-ring (bicyclic) bond motifs is 1. The molecule has 0 aliphatic carbocycles. The van der Waals surface area contributed by atoms with E-state index in [0.29, 0.717) is 11.9 Å². The van der Waals surface area contributed by atoms with Crippen LogP contribution in [0.4, 0.5) is 4.39 Å². The van der Waals surface area contributed by atoms with Crippen LogP contribution in [0.25, 0.3) is 22.0 Å². The second kappa shape index (κ2) is 10.8. The quantitative estimate of drug-likeness (QED) is 0.465. The molecule has 8 heteroatoms. The van der Waals surface area contributed by atoms with Gasteiger partial charge in [0.25, 0.3) is 0 Å². The summed E-state index contributed by atoms with van der Waals surface area (Å²) in [7, 11) is 1.73. The summed E-state index contributed by atoms with van der Waals surface area (Å²) in [5.74, 6) is -0.476. The van der Waals surface area contributed by atoms with Crippen molar-refractivity contribution in [1.29, 1.82) is 0 Å². The van der Waals surface area contributed by atoms with Gasteiger partial charge in [-0.25, -0.2) is 9.37 Å². The molecule has 4 atom stereocenters. The summed E-state index contributed by atoms with van der Waals surface area (Å²) in [6, 6.07) is 9.57. The first-order valence-corrected chi connectivity index (χ1v) is 13.1. The topological polar surface area (TPSA) is 74.3 Å². The molecule has 1 aliphatic heterocycles. The third-order valence-electron chi connectivity index (χ3n) is 7.09. The second-order valence-electron chi connectivity index (χ2n) is 9.28. The normalized spacial score (nSPS) is 18.4. The summed E-state index contributed by atoms with van der Waals surface area (Å²) >= 11 is 1.53. The standard InChI is InChI=1S/C27H33FN4O2S/c1-5-16(2)24(31-25(33)17(3)29-4)27(34)32-14-8-11-23(32)26-30-22(15-35-26)20-12-13-21(28)19-10-7-6-9-18(19)20/h6-7,9-10,12-13,15-17,23-24,29H,5,8,11,14H2,1-4H3,(H,31,33)/t16-,17+,23+,24+/m1/s1. The Bertz CT molecular complexity index is 1210. The lowest BCUT2D eigenvalue weighted by Gasteiger charge is -2.31. The highest BCUT2D eigenvalue weighted by Crippen LogP contribution is 2.38. The van der Waals surface area contributed by atoms with Crippen LogP contribution in [0.3, 0.4) is 0 Å². The van der Waals surface area contributed by atoms with Crippen LogP contribution in [0.5, 0.6) is 0 Å². The number of likely N-dealkylation sites (N-methyl/N-ethyl adjacent to an activating group) is 1. The second-order valence-corrected chi connectivity index (χ2v) is 10.2.